The summed E-state index contributed by atoms with van der Waals surface area (Å²) < 4.78 is 40.6. The van der Waals surface area contributed by atoms with E-state index < -0.39 is 36.1 Å². The number of hydrogen-bond donors (Lipinski definition) is 1. The van der Waals surface area contributed by atoms with Gasteiger partial charge in [-0.1, -0.05) is 0 Å². The van der Waals surface area contributed by atoms with Crippen LogP contribution >= 0.6 is 0 Å². The fraction of sp³-hybridized carbons (Fsp3) is 0.778. The first-order valence-electron chi connectivity index (χ1n) is 4.45. The Bertz CT molecular complexity index is 277. The van der Waals surface area contributed by atoms with Crippen LogP contribution in [0, 0.1) is 5.92 Å². The molecule has 1 N–H and O–H groups in total. The molecule has 16 heavy (non-hydrogen) atoms. The fourth-order valence-corrected chi connectivity index (χ4v) is 0.876. The van der Waals surface area contributed by atoms with Gasteiger partial charge < -0.3 is 9.84 Å². The summed E-state index contributed by atoms with van der Waals surface area (Å²) in [6.07, 6.45) is -6.45. The van der Waals surface area contributed by atoms with Crippen molar-refractivity contribution in [3.8, 4) is 0 Å². The van der Waals surface area contributed by atoms with E-state index in [4.69, 9.17) is 5.11 Å². The molecule has 0 radical (unpaired) electrons. The third-order valence-electron chi connectivity index (χ3n) is 1.42. The number of esters is 1. The Morgan fingerprint density at radius 3 is 1.94 bits per heavy atom. The molecule has 94 valence electrons. The fourth-order valence-electron chi connectivity index (χ4n) is 0.876. The van der Waals surface area contributed by atoms with Gasteiger partial charge in [-0.3, -0.25) is 9.59 Å². The first-order valence-corrected chi connectivity index (χ1v) is 4.45. The van der Waals surface area contributed by atoms with Gasteiger partial charge in [0.1, 0.15) is 5.60 Å². The lowest BCUT2D eigenvalue weighted by Gasteiger charge is -2.22. The van der Waals surface area contributed by atoms with Crippen LogP contribution in [0.4, 0.5) is 13.2 Å². The molecule has 0 rings (SSSR count). The topological polar surface area (TPSA) is 63.6 Å². The van der Waals surface area contributed by atoms with E-state index >= 15 is 0 Å². The van der Waals surface area contributed by atoms with Crippen molar-refractivity contribution in [2.45, 2.75) is 39.0 Å². The van der Waals surface area contributed by atoms with E-state index in [1.165, 1.54) is 20.8 Å². The molecule has 1 atom stereocenters. The Morgan fingerprint density at radius 2 is 1.69 bits per heavy atom. The number of rotatable bonds is 3. The van der Waals surface area contributed by atoms with Gasteiger partial charge in [-0.25, -0.2) is 0 Å². The lowest BCUT2D eigenvalue weighted by molar-refractivity contribution is -0.183. The minimum Gasteiger partial charge on any atom is -0.481 e. The van der Waals surface area contributed by atoms with Gasteiger partial charge in [0, 0.05) is 0 Å². The molecule has 1 unspecified atom stereocenters. The molecule has 0 amide bonds. The molecule has 0 aromatic heterocycles. The maximum Gasteiger partial charge on any atom is 0.390 e. The predicted molar refractivity (Wildman–Crippen MR) is 47.6 cm³/mol. The van der Waals surface area contributed by atoms with Crippen molar-refractivity contribution >= 4 is 11.9 Å². The van der Waals surface area contributed by atoms with Crippen molar-refractivity contribution in [3.05, 3.63) is 0 Å². The monoisotopic (exact) mass is 242 g/mol. The molecule has 0 aliphatic heterocycles. The summed E-state index contributed by atoms with van der Waals surface area (Å²) in [6.45, 7) is 4.33. The molecule has 0 heterocycles. The van der Waals surface area contributed by atoms with Crippen molar-refractivity contribution in [1.29, 1.82) is 0 Å². The van der Waals surface area contributed by atoms with Crippen molar-refractivity contribution in [2.24, 2.45) is 5.92 Å². The van der Waals surface area contributed by atoms with Crippen LogP contribution in [-0.2, 0) is 14.3 Å². The molecule has 0 spiro atoms. The average molecular weight is 242 g/mol. The molecule has 0 aromatic rings. The van der Waals surface area contributed by atoms with E-state index in [2.05, 4.69) is 4.74 Å². The number of halogens is 3. The maximum absolute atomic E-state index is 12.0. The van der Waals surface area contributed by atoms with Gasteiger partial charge in [-0.15, -0.1) is 0 Å². The Morgan fingerprint density at radius 1 is 1.25 bits per heavy atom. The second kappa shape index (κ2) is 4.71. The normalized spacial score (nSPS) is 14.4. The van der Waals surface area contributed by atoms with Gasteiger partial charge in [-0.2, -0.15) is 13.2 Å². The van der Waals surface area contributed by atoms with E-state index in [1.54, 1.807) is 0 Å². The summed E-state index contributed by atoms with van der Waals surface area (Å²) >= 11 is 0. The van der Waals surface area contributed by atoms with E-state index in [0.29, 0.717) is 0 Å². The first-order chi connectivity index (χ1) is 6.92. The maximum atomic E-state index is 12.0. The van der Waals surface area contributed by atoms with Gasteiger partial charge in [0.05, 0.1) is 6.42 Å². The molecule has 7 heteroatoms. The van der Waals surface area contributed by atoms with Crippen molar-refractivity contribution in [2.75, 3.05) is 0 Å². The number of hydrogen-bond acceptors (Lipinski definition) is 3. The molecule has 0 aliphatic rings. The number of alkyl halides is 3. The third-order valence-corrected chi connectivity index (χ3v) is 1.42. The molecule has 0 aromatic carbocycles. The Kier molecular flexibility index (Phi) is 4.34. The van der Waals surface area contributed by atoms with Crippen LogP contribution in [0.2, 0.25) is 0 Å². The van der Waals surface area contributed by atoms with Crippen LogP contribution in [0.3, 0.4) is 0 Å². The average Bonchev–Trinajstić information content (AvgIpc) is 1.94. The van der Waals surface area contributed by atoms with Crippen LogP contribution in [0.15, 0.2) is 0 Å². The zero-order valence-corrected chi connectivity index (χ0v) is 9.09. The zero-order valence-electron chi connectivity index (χ0n) is 9.09. The minimum absolute atomic E-state index is 1.02. The lowest BCUT2D eigenvalue weighted by Crippen LogP contribution is -2.35. The Hall–Kier alpha value is -1.27. The molecule has 0 bridgehead atoms. The van der Waals surface area contributed by atoms with Crippen molar-refractivity contribution in [3.63, 3.8) is 0 Å². The summed E-state index contributed by atoms with van der Waals surface area (Å²) in [5.41, 5.74) is -1.02. The Balaban J connectivity index is 4.68. The van der Waals surface area contributed by atoms with Crippen LogP contribution < -0.4 is 0 Å². The molecule has 0 fully saturated rings. The summed E-state index contributed by atoms with van der Waals surface area (Å²) in [7, 11) is 0. The second-order valence-corrected chi connectivity index (χ2v) is 4.24. The molecule has 0 saturated carbocycles. The number of carboxylic acids is 1. The molecule has 4 nitrogen and oxygen atoms in total. The SMILES string of the molecule is CC(C)(C)OC(=O)C(CC(F)(F)F)C(=O)O. The highest BCUT2D eigenvalue weighted by Gasteiger charge is 2.41. The number of ether oxygens (including phenoxy) is 1. The standard InChI is InChI=1S/C9H13F3O4/c1-8(2,3)16-7(15)5(6(13)14)4-9(10,11)12/h5H,4H2,1-3H3,(H,13,14). The molecule has 0 saturated heterocycles. The number of carbonyl (C=O) groups is 2. The van der Waals surface area contributed by atoms with Crippen LogP contribution in [0.5, 0.6) is 0 Å². The Labute approximate surface area is 90.4 Å². The molecule has 0 aliphatic carbocycles. The van der Waals surface area contributed by atoms with Gasteiger partial charge in [0.2, 0.25) is 0 Å². The summed E-state index contributed by atoms with van der Waals surface area (Å²) in [6, 6.07) is 0. The van der Waals surface area contributed by atoms with Gasteiger partial charge in [0.25, 0.3) is 0 Å². The van der Waals surface area contributed by atoms with Crippen LogP contribution in [-0.4, -0.2) is 28.8 Å². The first kappa shape index (κ1) is 14.7. The highest BCUT2D eigenvalue weighted by Crippen LogP contribution is 2.26. The van der Waals surface area contributed by atoms with Gasteiger partial charge in [0.15, 0.2) is 5.92 Å². The largest absolute Gasteiger partial charge is 0.481 e. The zero-order chi connectivity index (χ0) is 13.1. The molecular formula is C9H13F3O4. The molecular weight excluding hydrogens is 229 g/mol. The van der Waals surface area contributed by atoms with Crippen molar-refractivity contribution < 1.29 is 32.6 Å². The second-order valence-electron chi connectivity index (χ2n) is 4.24. The number of carboxylic acid groups (broad SMARTS) is 1. The smallest absolute Gasteiger partial charge is 0.390 e. The summed E-state index contributed by atoms with van der Waals surface area (Å²) in [5, 5.41) is 8.50. The van der Waals surface area contributed by atoms with Crippen LogP contribution in [0.1, 0.15) is 27.2 Å². The van der Waals surface area contributed by atoms with Crippen LogP contribution in [0.25, 0.3) is 0 Å². The highest BCUT2D eigenvalue weighted by atomic mass is 19.4. The van der Waals surface area contributed by atoms with E-state index in [0.717, 1.165) is 0 Å². The van der Waals surface area contributed by atoms with E-state index in [1.807, 2.05) is 0 Å². The third kappa shape index (κ3) is 6.26. The minimum atomic E-state index is -4.72. The van der Waals surface area contributed by atoms with E-state index in [-0.39, 0.29) is 0 Å². The quantitative estimate of drug-likeness (QED) is 0.607. The number of carbonyl (C=O) groups excluding carboxylic acids is 1. The van der Waals surface area contributed by atoms with Gasteiger partial charge >= 0.3 is 18.1 Å². The summed E-state index contributed by atoms with van der Waals surface area (Å²) in [5.74, 6) is -5.43. The predicted octanol–water partition coefficient (Wildman–Crippen LogP) is 1.98. The highest BCUT2D eigenvalue weighted by molar-refractivity contribution is 5.94. The lowest BCUT2D eigenvalue weighted by atomic mass is 10.1. The summed E-state index contributed by atoms with van der Waals surface area (Å²) in [4.78, 5) is 21.7. The van der Waals surface area contributed by atoms with Crippen molar-refractivity contribution in [1.82, 2.24) is 0 Å². The number of aliphatic carboxylic acids is 1. The van der Waals surface area contributed by atoms with E-state index in [9.17, 15) is 22.8 Å². The van der Waals surface area contributed by atoms with Gasteiger partial charge in [-0.05, 0) is 20.8 Å².